The van der Waals surface area contributed by atoms with Crippen molar-refractivity contribution in [1.82, 2.24) is 10.2 Å². The maximum atomic E-state index is 14.2. The normalized spacial score (nSPS) is 11.9. The predicted octanol–water partition coefficient (Wildman–Crippen LogP) is 5.79. The Morgan fingerprint density at radius 1 is 0.780 bits per heavy atom. The SMILES string of the molecule is CNC(=O)[C@H](Cc1ccccc1)N(Cc1cccc(Br)c1)C(=O)CN(c1ccc(Br)cc1)S(=O)(=O)c1ccccc1. The van der Waals surface area contributed by atoms with Gasteiger partial charge in [0, 0.05) is 29.0 Å². The Bertz CT molecular complexity index is 1580. The van der Waals surface area contributed by atoms with E-state index in [2.05, 4.69) is 37.2 Å². The molecule has 1 atom stereocenters. The molecule has 0 bridgehead atoms. The lowest BCUT2D eigenvalue weighted by atomic mass is 10.0. The topological polar surface area (TPSA) is 86.8 Å². The van der Waals surface area contributed by atoms with E-state index < -0.39 is 28.5 Å². The van der Waals surface area contributed by atoms with E-state index in [4.69, 9.17) is 0 Å². The zero-order chi connectivity index (χ0) is 29.4. The lowest BCUT2D eigenvalue weighted by Crippen LogP contribution is -2.53. The number of hydrogen-bond donors (Lipinski definition) is 1. The van der Waals surface area contributed by atoms with Crippen molar-refractivity contribution < 1.29 is 18.0 Å². The van der Waals surface area contributed by atoms with Gasteiger partial charge in [-0.05, 0) is 59.7 Å². The van der Waals surface area contributed by atoms with Crippen LogP contribution in [0.1, 0.15) is 11.1 Å². The van der Waals surface area contributed by atoms with Gasteiger partial charge in [0.15, 0.2) is 0 Å². The molecule has 0 aliphatic heterocycles. The lowest BCUT2D eigenvalue weighted by Gasteiger charge is -2.33. The number of benzene rings is 4. The molecule has 1 N–H and O–H groups in total. The summed E-state index contributed by atoms with van der Waals surface area (Å²) >= 11 is 6.87. The third kappa shape index (κ3) is 7.84. The molecule has 0 aromatic heterocycles. The predicted molar refractivity (Wildman–Crippen MR) is 168 cm³/mol. The van der Waals surface area contributed by atoms with E-state index in [0.29, 0.717) is 5.69 Å². The molecule has 0 aliphatic rings. The summed E-state index contributed by atoms with van der Waals surface area (Å²) in [6.45, 7) is -0.405. The zero-order valence-corrected chi connectivity index (χ0v) is 26.3. The molecular weight excluding hydrogens is 670 g/mol. The summed E-state index contributed by atoms with van der Waals surface area (Å²) in [6, 6.07) is 30.7. The van der Waals surface area contributed by atoms with Gasteiger partial charge in [-0.15, -0.1) is 0 Å². The number of nitrogens with one attached hydrogen (secondary N) is 1. The summed E-state index contributed by atoms with van der Waals surface area (Å²) < 4.78 is 30.5. The first-order valence-electron chi connectivity index (χ1n) is 12.8. The smallest absolute Gasteiger partial charge is 0.264 e. The molecule has 212 valence electrons. The van der Waals surface area contributed by atoms with Gasteiger partial charge in [-0.1, -0.05) is 92.5 Å². The van der Waals surface area contributed by atoms with Crippen LogP contribution in [-0.2, 0) is 32.6 Å². The fourth-order valence-corrected chi connectivity index (χ4v) is 6.55. The van der Waals surface area contributed by atoms with Crippen molar-refractivity contribution in [3.8, 4) is 0 Å². The van der Waals surface area contributed by atoms with Gasteiger partial charge >= 0.3 is 0 Å². The summed E-state index contributed by atoms with van der Waals surface area (Å²) in [5.74, 6) is -0.866. The van der Waals surface area contributed by atoms with Gasteiger partial charge < -0.3 is 10.2 Å². The third-order valence-electron chi connectivity index (χ3n) is 6.48. The summed E-state index contributed by atoms with van der Waals surface area (Å²) in [5, 5.41) is 2.69. The maximum Gasteiger partial charge on any atom is 0.264 e. The number of rotatable bonds is 11. The molecule has 10 heteroatoms. The van der Waals surface area contributed by atoms with E-state index in [1.54, 1.807) is 42.5 Å². The molecule has 0 radical (unpaired) electrons. The molecule has 0 saturated heterocycles. The van der Waals surface area contributed by atoms with E-state index in [1.165, 1.54) is 24.1 Å². The molecule has 7 nitrogen and oxygen atoms in total. The van der Waals surface area contributed by atoms with Crippen LogP contribution in [0.15, 0.2) is 123 Å². The molecule has 0 saturated carbocycles. The molecule has 0 spiro atoms. The van der Waals surface area contributed by atoms with Crippen LogP contribution in [0, 0.1) is 0 Å². The molecule has 4 aromatic rings. The Labute approximate surface area is 257 Å². The van der Waals surface area contributed by atoms with Gasteiger partial charge in [0.2, 0.25) is 11.8 Å². The molecular formula is C31H29Br2N3O4S. The Morgan fingerprint density at radius 2 is 1.39 bits per heavy atom. The highest BCUT2D eigenvalue weighted by atomic mass is 79.9. The highest BCUT2D eigenvalue weighted by molar-refractivity contribution is 9.10. The first kappa shape index (κ1) is 30.5. The second-order valence-corrected chi connectivity index (χ2v) is 13.0. The first-order valence-corrected chi connectivity index (χ1v) is 15.8. The van der Waals surface area contributed by atoms with Crippen molar-refractivity contribution in [1.29, 1.82) is 0 Å². The fourth-order valence-electron chi connectivity index (χ4n) is 4.41. The van der Waals surface area contributed by atoms with Crippen LogP contribution in [0.4, 0.5) is 5.69 Å². The molecule has 0 heterocycles. The Hall–Kier alpha value is -3.47. The van der Waals surface area contributed by atoms with Crippen LogP contribution in [0.2, 0.25) is 0 Å². The Kier molecular flexibility index (Phi) is 10.4. The van der Waals surface area contributed by atoms with Crippen molar-refractivity contribution in [2.45, 2.75) is 23.9 Å². The summed E-state index contributed by atoms with van der Waals surface area (Å²) in [4.78, 5) is 29.0. The lowest BCUT2D eigenvalue weighted by molar-refractivity contribution is -0.139. The Morgan fingerprint density at radius 3 is 2.00 bits per heavy atom. The maximum absolute atomic E-state index is 14.2. The minimum Gasteiger partial charge on any atom is -0.357 e. The van der Waals surface area contributed by atoms with Crippen LogP contribution in [-0.4, -0.2) is 44.8 Å². The number of sulfonamides is 1. The van der Waals surface area contributed by atoms with E-state index in [0.717, 1.165) is 24.4 Å². The molecule has 41 heavy (non-hydrogen) atoms. The molecule has 0 fully saturated rings. The third-order valence-corrected chi connectivity index (χ3v) is 9.29. The minimum absolute atomic E-state index is 0.0568. The average Bonchev–Trinajstić information content (AvgIpc) is 2.98. The summed E-state index contributed by atoms with van der Waals surface area (Å²) in [5.41, 5.74) is 1.98. The largest absolute Gasteiger partial charge is 0.357 e. The zero-order valence-electron chi connectivity index (χ0n) is 22.3. The minimum atomic E-state index is -4.12. The molecule has 0 unspecified atom stereocenters. The number of anilines is 1. The number of halogens is 2. The number of carbonyl (C=O) groups is 2. The van der Waals surface area contributed by atoms with Gasteiger partial charge in [0.1, 0.15) is 12.6 Å². The van der Waals surface area contributed by atoms with Gasteiger partial charge in [-0.2, -0.15) is 0 Å². The monoisotopic (exact) mass is 697 g/mol. The second kappa shape index (κ2) is 13.9. The molecule has 0 aliphatic carbocycles. The molecule has 4 aromatic carbocycles. The van der Waals surface area contributed by atoms with Crippen molar-refractivity contribution in [2.75, 3.05) is 17.9 Å². The number of carbonyl (C=O) groups excluding carboxylic acids is 2. The Balaban J connectivity index is 1.78. The van der Waals surface area contributed by atoms with Gasteiger partial charge in [0.25, 0.3) is 10.0 Å². The standard InChI is InChI=1S/C31H29Br2N3O4S/c1-34-31(38)29(20-23-9-4-2-5-10-23)35(21-24-11-8-12-26(33)19-24)30(37)22-36(27-17-15-25(32)16-18-27)41(39,40)28-13-6-3-7-14-28/h2-19,29H,20-22H2,1H3,(H,34,38)/t29-/m0/s1. The van der Waals surface area contributed by atoms with Crippen molar-refractivity contribution in [2.24, 2.45) is 0 Å². The van der Waals surface area contributed by atoms with Gasteiger partial charge in [-0.3, -0.25) is 13.9 Å². The van der Waals surface area contributed by atoms with Crippen LogP contribution < -0.4 is 9.62 Å². The van der Waals surface area contributed by atoms with Crippen LogP contribution in [0.5, 0.6) is 0 Å². The van der Waals surface area contributed by atoms with Crippen molar-refractivity contribution >= 4 is 59.4 Å². The molecule has 2 amide bonds. The highest BCUT2D eigenvalue weighted by Gasteiger charge is 2.34. The quantitative estimate of drug-likeness (QED) is 0.215. The van der Waals surface area contributed by atoms with Crippen molar-refractivity contribution in [3.63, 3.8) is 0 Å². The number of amides is 2. The van der Waals surface area contributed by atoms with E-state index in [1.807, 2.05) is 54.6 Å². The van der Waals surface area contributed by atoms with Crippen LogP contribution in [0.3, 0.4) is 0 Å². The average molecular weight is 699 g/mol. The molecule has 4 rings (SSSR count). The fraction of sp³-hybridized carbons (Fsp3) is 0.161. The van der Waals surface area contributed by atoms with E-state index in [-0.39, 0.29) is 23.8 Å². The number of nitrogens with zero attached hydrogens (tertiary/aromatic N) is 2. The first-order chi connectivity index (χ1) is 19.7. The van der Waals surface area contributed by atoms with Gasteiger partial charge in [-0.25, -0.2) is 8.42 Å². The van der Waals surface area contributed by atoms with E-state index >= 15 is 0 Å². The van der Waals surface area contributed by atoms with Crippen LogP contribution in [0.25, 0.3) is 0 Å². The summed E-state index contributed by atoms with van der Waals surface area (Å²) in [7, 11) is -2.60. The van der Waals surface area contributed by atoms with E-state index in [9.17, 15) is 18.0 Å². The highest BCUT2D eigenvalue weighted by Crippen LogP contribution is 2.26. The number of likely N-dealkylation sites (N-methyl/N-ethyl adjacent to an activating group) is 1. The summed E-state index contributed by atoms with van der Waals surface area (Å²) in [6.07, 6.45) is 0.254. The second-order valence-electron chi connectivity index (χ2n) is 9.27. The van der Waals surface area contributed by atoms with Crippen molar-refractivity contribution in [3.05, 3.63) is 129 Å². The van der Waals surface area contributed by atoms with Crippen LogP contribution >= 0.6 is 31.9 Å². The number of hydrogen-bond acceptors (Lipinski definition) is 4. The van der Waals surface area contributed by atoms with Gasteiger partial charge in [0.05, 0.1) is 10.6 Å².